The van der Waals surface area contributed by atoms with Crippen LogP contribution in [0, 0.1) is 0 Å². The average molecular weight is 549 g/mol. The van der Waals surface area contributed by atoms with Crippen molar-refractivity contribution >= 4 is 0 Å². The summed E-state index contributed by atoms with van der Waals surface area (Å²) < 4.78 is 35.5. The Kier molecular flexibility index (Phi) is 7.68. The molecule has 5 rings (SSSR count). The second kappa shape index (κ2) is 11.2. The summed E-state index contributed by atoms with van der Waals surface area (Å²) in [5, 5.41) is 20.9. The number of aromatic amines is 1. The van der Waals surface area contributed by atoms with E-state index in [4.69, 9.17) is 14.2 Å². The van der Waals surface area contributed by atoms with Gasteiger partial charge in [-0.3, -0.25) is 14.3 Å². The number of aromatic nitrogens is 2. The van der Waals surface area contributed by atoms with Crippen LogP contribution in [0.2, 0.25) is 0 Å². The van der Waals surface area contributed by atoms with Crippen LogP contribution in [0.3, 0.4) is 0 Å². The summed E-state index contributed by atoms with van der Waals surface area (Å²) in [6, 6.07) is 26.5. The van der Waals surface area contributed by atoms with Crippen LogP contribution < -0.4 is 16.0 Å². The van der Waals surface area contributed by atoms with Crippen molar-refractivity contribution in [2.75, 3.05) is 20.3 Å². The molecule has 0 aliphatic carbocycles. The van der Waals surface area contributed by atoms with E-state index >= 15 is 4.39 Å². The van der Waals surface area contributed by atoms with E-state index in [1.54, 1.807) is 31.4 Å². The van der Waals surface area contributed by atoms with Gasteiger partial charge in [-0.15, -0.1) is 0 Å². The number of benzene rings is 3. The molecule has 1 aromatic heterocycles. The van der Waals surface area contributed by atoms with E-state index in [1.165, 1.54) is 0 Å². The zero-order valence-corrected chi connectivity index (χ0v) is 21.6. The predicted octanol–water partition coefficient (Wildman–Crippen LogP) is 2.51. The number of nitrogens with zero attached hydrogens (tertiary/aromatic N) is 1. The van der Waals surface area contributed by atoms with Gasteiger partial charge >= 0.3 is 5.69 Å². The zero-order valence-electron chi connectivity index (χ0n) is 21.6. The van der Waals surface area contributed by atoms with Crippen LogP contribution in [0.5, 0.6) is 5.75 Å². The molecular weight excluding hydrogens is 519 g/mol. The highest BCUT2D eigenvalue weighted by molar-refractivity contribution is 5.49. The van der Waals surface area contributed by atoms with Crippen LogP contribution in [-0.4, -0.2) is 58.0 Å². The van der Waals surface area contributed by atoms with Gasteiger partial charge in [0.05, 0.1) is 20.3 Å². The number of halogens is 1. The third-order valence-corrected chi connectivity index (χ3v) is 7.26. The normalized spacial score (nSPS) is 20.4. The molecule has 0 radical (unpaired) electrons. The summed E-state index contributed by atoms with van der Waals surface area (Å²) in [6.45, 7) is -1.63. The minimum absolute atomic E-state index is 0.601. The van der Waals surface area contributed by atoms with Gasteiger partial charge in [0.25, 0.3) is 5.56 Å². The molecule has 40 heavy (non-hydrogen) atoms. The van der Waals surface area contributed by atoms with E-state index in [1.807, 2.05) is 60.7 Å². The SMILES string of the molecule is COc1ccc(C(O[C@H]2[C@H](F)[C@H](n3ccc(=O)[nH]c3=O)OC2(CO)CO)(c2ccccc2)c2ccccc2)cc1. The van der Waals surface area contributed by atoms with Gasteiger partial charge in [-0.2, -0.15) is 0 Å². The standard InChI is InChI=1S/C30H29FN2O7/c1-38-23-14-12-22(13-15-23)30(20-8-4-2-5-9-20,21-10-6-3-7-11-21)39-26-25(31)27(40-29(26,18-34)19-35)33-17-16-24(36)32-28(33)37/h2-17,25-27,34-35H,18-19H2,1H3,(H,32,36,37)/t25-,26-,27+/m0/s1. The van der Waals surface area contributed by atoms with Crippen LogP contribution in [-0.2, 0) is 15.1 Å². The Balaban J connectivity index is 1.73. The Morgan fingerprint density at radius 3 is 1.95 bits per heavy atom. The summed E-state index contributed by atoms with van der Waals surface area (Å²) in [5.41, 5.74) is -3.05. The summed E-state index contributed by atoms with van der Waals surface area (Å²) in [5.74, 6) is 0.601. The van der Waals surface area contributed by atoms with Gasteiger partial charge in [-0.1, -0.05) is 72.8 Å². The Morgan fingerprint density at radius 2 is 1.45 bits per heavy atom. The van der Waals surface area contributed by atoms with Gasteiger partial charge < -0.3 is 24.4 Å². The maximum absolute atomic E-state index is 16.5. The summed E-state index contributed by atoms with van der Waals surface area (Å²) in [7, 11) is 1.55. The van der Waals surface area contributed by atoms with Crippen molar-refractivity contribution < 1.29 is 28.8 Å². The number of nitrogens with one attached hydrogen (secondary N) is 1. The molecule has 9 nitrogen and oxygen atoms in total. The number of alkyl halides is 1. The molecule has 3 atom stereocenters. The highest BCUT2D eigenvalue weighted by Gasteiger charge is 2.60. The van der Waals surface area contributed by atoms with Crippen molar-refractivity contribution in [1.82, 2.24) is 9.55 Å². The Morgan fingerprint density at radius 1 is 0.900 bits per heavy atom. The molecular formula is C30H29FN2O7. The predicted molar refractivity (Wildman–Crippen MR) is 144 cm³/mol. The van der Waals surface area contributed by atoms with Crippen LogP contribution in [0.4, 0.5) is 4.39 Å². The molecule has 0 bridgehead atoms. The van der Waals surface area contributed by atoms with Gasteiger partial charge in [-0.25, -0.2) is 9.18 Å². The fraction of sp³-hybridized carbons (Fsp3) is 0.267. The third-order valence-electron chi connectivity index (χ3n) is 7.26. The average Bonchev–Trinajstić information content (AvgIpc) is 3.27. The lowest BCUT2D eigenvalue weighted by atomic mass is 9.79. The van der Waals surface area contributed by atoms with Crippen molar-refractivity contribution in [3.05, 3.63) is 135 Å². The molecule has 0 spiro atoms. The number of aliphatic hydroxyl groups is 2. The molecule has 1 fully saturated rings. The number of hydrogen-bond donors (Lipinski definition) is 3. The molecule has 1 aliphatic rings. The molecule has 0 unspecified atom stereocenters. The minimum Gasteiger partial charge on any atom is -0.497 e. The van der Waals surface area contributed by atoms with Crippen molar-refractivity contribution in [1.29, 1.82) is 0 Å². The van der Waals surface area contributed by atoms with Crippen molar-refractivity contribution in [2.24, 2.45) is 0 Å². The van der Waals surface area contributed by atoms with Crippen LogP contribution in [0.15, 0.2) is 107 Å². The van der Waals surface area contributed by atoms with Gasteiger partial charge in [0.1, 0.15) is 23.1 Å². The molecule has 2 heterocycles. The first-order chi connectivity index (χ1) is 19.4. The lowest BCUT2D eigenvalue weighted by Crippen LogP contribution is -2.53. The summed E-state index contributed by atoms with van der Waals surface area (Å²) >= 11 is 0. The monoisotopic (exact) mass is 548 g/mol. The van der Waals surface area contributed by atoms with Crippen molar-refractivity contribution in [3.63, 3.8) is 0 Å². The number of rotatable bonds is 9. The first-order valence-electron chi connectivity index (χ1n) is 12.7. The fourth-order valence-electron chi connectivity index (χ4n) is 5.19. The quantitative estimate of drug-likeness (QED) is 0.275. The highest BCUT2D eigenvalue weighted by atomic mass is 19.1. The van der Waals surface area contributed by atoms with Gasteiger partial charge in [0.2, 0.25) is 0 Å². The number of ether oxygens (including phenoxy) is 3. The molecule has 4 aromatic rings. The van der Waals surface area contributed by atoms with Crippen LogP contribution in [0.1, 0.15) is 22.9 Å². The molecule has 1 saturated heterocycles. The number of methoxy groups -OCH3 is 1. The third kappa shape index (κ3) is 4.65. The lowest BCUT2D eigenvalue weighted by molar-refractivity contribution is -0.181. The van der Waals surface area contributed by atoms with E-state index in [9.17, 15) is 19.8 Å². The molecule has 3 N–H and O–H groups in total. The Bertz CT molecular complexity index is 1500. The Hall–Kier alpha value is -4.09. The van der Waals surface area contributed by atoms with E-state index < -0.39 is 54.2 Å². The number of H-pyrrole nitrogens is 1. The van der Waals surface area contributed by atoms with Gasteiger partial charge in [0.15, 0.2) is 12.4 Å². The molecule has 208 valence electrons. The number of aliphatic hydroxyl groups excluding tert-OH is 2. The second-order valence-electron chi connectivity index (χ2n) is 9.53. The lowest BCUT2D eigenvalue weighted by Gasteiger charge is -2.42. The fourth-order valence-corrected chi connectivity index (χ4v) is 5.19. The molecule has 1 aliphatic heterocycles. The van der Waals surface area contributed by atoms with Crippen LogP contribution >= 0.6 is 0 Å². The maximum atomic E-state index is 16.5. The second-order valence-corrected chi connectivity index (χ2v) is 9.53. The molecule has 3 aromatic carbocycles. The van der Waals surface area contributed by atoms with Crippen molar-refractivity contribution in [3.8, 4) is 5.75 Å². The maximum Gasteiger partial charge on any atom is 0.330 e. The van der Waals surface area contributed by atoms with Crippen LogP contribution in [0.25, 0.3) is 0 Å². The summed E-state index contributed by atoms with van der Waals surface area (Å²) in [6.07, 6.45) is -4.12. The number of hydrogen-bond acceptors (Lipinski definition) is 7. The van der Waals surface area contributed by atoms with Gasteiger partial charge in [-0.05, 0) is 28.8 Å². The largest absolute Gasteiger partial charge is 0.497 e. The highest BCUT2D eigenvalue weighted by Crippen LogP contribution is 2.48. The molecule has 0 amide bonds. The molecule has 10 heteroatoms. The zero-order chi connectivity index (χ0) is 28.3. The first kappa shape index (κ1) is 27.5. The van der Waals surface area contributed by atoms with E-state index in [0.29, 0.717) is 22.4 Å². The van der Waals surface area contributed by atoms with Crippen molar-refractivity contribution in [2.45, 2.75) is 29.7 Å². The van der Waals surface area contributed by atoms with E-state index in [2.05, 4.69) is 4.98 Å². The van der Waals surface area contributed by atoms with E-state index in [-0.39, 0.29) is 0 Å². The topological polar surface area (TPSA) is 123 Å². The van der Waals surface area contributed by atoms with Gasteiger partial charge in [0, 0.05) is 12.3 Å². The first-order valence-corrected chi connectivity index (χ1v) is 12.7. The summed E-state index contributed by atoms with van der Waals surface area (Å²) in [4.78, 5) is 26.3. The minimum atomic E-state index is -2.05. The Labute approximate surface area is 229 Å². The van der Waals surface area contributed by atoms with E-state index in [0.717, 1.165) is 16.8 Å². The molecule has 0 saturated carbocycles. The smallest absolute Gasteiger partial charge is 0.330 e.